The summed E-state index contributed by atoms with van der Waals surface area (Å²) in [6.07, 6.45) is 0.854. The molecule has 18 heavy (non-hydrogen) atoms. The van der Waals surface area contributed by atoms with Crippen LogP contribution in [0.3, 0.4) is 0 Å². The van der Waals surface area contributed by atoms with Gasteiger partial charge in [-0.25, -0.2) is 0 Å². The molecule has 1 rings (SSSR count). The largest absolute Gasteiger partial charge is 0.396 e. The maximum absolute atomic E-state index is 10.3. The number of benzene rings is 1. The number of rotatable bonds is 9. The summed E-state index contributed by atoms with van der Waals surface area (Å²) in [6, 6.07) is 9.71. The van der Waals surface area contributed by atoms with Crippen molar-refractivity contribution in [3.63, 3.8) is 0 Å². The Bertz CT molecular complexity index is 317. The first kappa shape index (κ1) is 15.5. The van der Waals surface area contributed by atoms with Crippen molar-refractivity contribution < 1.29 is 10.2 Å². The molecule has 1 aromatic carbocycles. The Hall–Kier alpha value is -0.550. The summed E-state index contributed by atoms with van der Waals surface area (Å²) in [5, 5.41) is 22.2. The molecular weight excluding hydrogens is 246 g/mol. The predicted molar refractivity (Wildman–Crippen MR) is 77.9 cm³/mol. The van der Waals surface area contributed by atoms with Crippen LogP contribution in [-0.2, 0) is 5.60 Å². The van der Waals surface area contributed by atoms with Gasteiger partial charge in [-0.05, 0) is 24.7 Å². The van der Waals surface area contributed by atoms with Gasteiger partial charge in [-0.15, -0.1) is 0 Å². The lowest BCUT2D eigenvalue weighted by atomic mass is 9.96. The van der Waals surface area contributed by atoms with Gasteiger partial charge >= 0.3 is 0 Å². The summed E-state index contributed by atoms with van der Waals surface area (Å²) in [7, 11) is 0. The number of thioether (sulfide) groups is 1. The zero-order chi connectivity index (χ0) is 13.3. The molecule has 0 saturated heterocycles. The van der Waals surface area contributed by atoms with Crippen LogP contribution in [-0.4, -0.2) is 41.4 Å². The molecule has 0 saturated carbocycles. The van der Waals surface area contributed by atoms with Crippen molar-refractivity contribution >= 4 is 11.8 Å². The van der Waals surface area contributed by atoms with Crippen LogP contribution < -0.4 is 5.32 Å². The number of hydrogen-bond acceptors (Lipinski definition) is 4. The van der Waals surface area contributed by atoms with Gasteiger partial charge in [-0.3, -0.25) is 0 Å². The summed E-state index contributed by atoms with van der Waals surface area (Å²) in [4.78, 5) is 0. The molecule has 0 bridgehead atoms. The van der Waals surface area contributed by atoms with E-state index in [0.717, 1.165) is 30.0 Å². The summed E-state index contributed by atoms with van der Waals surface area (Å²) in [5.74, 6) is 2.00. The van der Waals surface area contributed by atoms with Gasteiger partial charge in [0.2, 0.25) is 0 Å². The highest BCUT2D eigenvalue weighted by molar-refractivity contribution is 7.99. The molecule has 0 aliphatic heterocycles. The van der Waals surface area contributed by atoms with E-state index in [1.165, 1.54) is 0 Å². The molecule has 1 unspecified atom stereocenters. The molecule has 0 amide bonds. The lowest BCUT2D eigenvalue weighted by Gasteiger charge is -2.24. The minimum Gasteiger partial charge on any atom is -0.396 e. The summed E-state index contributed by atoms with van der Waals surface area (Å²) in [6.45, 7) is 3.52. The average molecular weight is 269 g/mol. The van der Waals surface area contributed by atoms with Gasteiger partial charge in [0.05, 0.1) is 5.60 Å². The maximum atomic E-state index is 10.3. The molecule has 0 heterocycles. The van der Waals surface area contributed by atoms with Crippen molar-refractivity contribution in [2.45, 2.75) is 18.9 Å². The van der Waals surface area contributed by atoms with Crippen LogP contribution in [0.1, 0.15) is 18.9 Å². The van der Waals surface area contributed by atoms with Crippen molar-refractivity contribution in [1.82, 2.24) is 5.32 Å². The minimum absolute atomic E-state index is 0.267. The molecule has 0 spiro atoms. The van der Waals surface area contributed by atoms with Crippen LogP contribution in [0.2, 0.25) is 0 Å². The number of nitrogens with one attached hydrogen (secondary N) is 1. The summed E-state index contributed by atoms with van der Waals surface area (Å²) >= 11 is 1.82. The molecule has 3 N–H and O–H groups in total. The van der Waals surface area contributed by atoms with Crippen LogP contribution >= 0.6 is 11.8 Å². The zero-order valence-electron chi connectivity index (χ0n) is 10.9. The normalized spacial score (nSPS) is 14.4. The van der Waals surface area contributed by atoms with E-state index in [9.17, 15) is 5.11 Å². The van der Waals surface area contributed by atoms with E-state index in [-0.39, 0.29) is 6.61 Å². The topological polar surface area (TPSA) is 52.5 Å². The van der Waals surface area contributed by atoms with E-state index in [1.54, 1.807) is 0 Å². The van der Waals surface area contributed by atoms with Crippen molar-refractivity contribution in [3.05, 3.63) is 35.9 Å². The number of hydrogen-bond donors (Lipinski definition) is 3. The van der Waals surface area contributed by atoms with E-state index in [4.69, 9.17) is 5.11 Å². The molecule has 102 valence electrons. The lowest BCUT2D eigenvalue weighted by molar-refractivity contribution is 0.0577. The zero-order valence-corrected chi connectivity index (χ0v) is 11.7. The Labute approximate surface area is 114 Å². The first-order valence-electron chi connectivity index (χ1n) is 6.34. The standard InChI is InChI=1S/C14H23NO2S/c1-14(17,13-6-3-2-4-7-13)12-15-8-11-18-10-5-9-16/h2-4,6-7,15-17H,5,8-12H2,1H3. The first-order valence-corrected chi connectivity index (χ1v) is 7.49. The highest BCUT2D eigenvalue weighted by atomic mass is 32.2. The molecule has 1 atom stereocenters. The van der Waals surface area contributed by atoms with Crippen molar-refractivity contribution in [2.24, 2.45) is 0 Å². The molecule has 0 fully saturated rings. The fourth-order valence-corrected chi connectivity index (χ4v) is 2.47. The third-order valence-corrected chi connectivity index (χ3v) is 3.81. The SMILES string of the molecule is CC(O)(CNCCSCCCO)c1ccccc1. The van der Waals surface area contributed by atoms with Crippen LogP contribution in [0.4, 0.5) is 0 Å². The van der Waals surface area contributed by atoms with Gasteiger partial charge in [0.25, 0.3) is 0 Å². The fourth-order valence-electron chi connectivity index (χ4n) is 1.64. The summed E-state index contributed by atoms with van der Waals surface area (Å²) in [5.41, 5.74) is 0.113. The van der Waals surface area contributed by atoms with Crippen LogP contribution in [0.25, 0.3) is 0 Å². The van der Waals surface area contributed by atoms with Crippen molar-refractivity contribution in [2.75, 3.05) is 31.2 Å². The van der Waals surface area contributed by atoms with E-state index in [1.807, 2.05) is 49.0 Å². The Kier molecular flexibility index (Phi) is 7.35. The molecule has 0 aliphatic carbocycles. The van der Waals surface area contributed by atoms with Gasteiger partial charge in [-0.1, -0.05) is 30.3 Å². The molecule has 1 aromatic rings. The second-order valence-corrected chi connectivity index (χ2v) is 5.73. The molecular formula is C14H23NO2S. The van der Waals surface area contributed by atoms with Gasteiger partial charge in [0.15, 0.2) is 0 Å². The van der Waals surface area contributed by atoms with Gasteiger partial charge in [0, 0.05) is 25.4 Å². The van der Waals surface area contributed by atoms with Crippen LogP contribution in [0.15, 0.2) is 30.3 Å². The van der Waals surface area contributed by atoms with E-state index in [0.29, 0.717) is 6.54 Å². The number of aliphatic hydroxyl groups excluding tert-OH is 1. The monoisotopic (exact) mass is 269 g/mol. The quantitative estimate of drug-likeness (QED) is 0.596. The molecule has 0 aliphatic rings. The smallest absolute Gasteiger partial charge is 0.0992 e. The second-order valence-electron chi connectivity index (χ2n) is 4.51. The highest BCUT2D eigenvalue weighted by Crippen LogP contribution is 2.18. The third kappa shape index (κ3) is 5.87. The predicted octanol–water partition coefficient (Wildman–Crippen LogP) is 1.60. The van der Waals surface area contributed by atoms with Gasteiger partial charge < -0.3 is 15.5 Å². The average Bonchev–Trinajstić information content (AvgIpc) is 2.39. The minimum atomic E-state index is -0.822. The van der Waals surface area contributed by atoms with Crippen molar-refractivity contribution in [1.29, 1.82) is 0 Å². The van der Waals surface area contributed by atoms with E-state index < -0.39 is 5.60 Å². The highest BCUT2D eigenvalue weighted by Gasteiger charge is 2.21. The van der Waals surface area contributed by atoms with Crippen LogP contribution in [0.5, 0.6) is 0 Å². The maximum Gasteiger partial charge on any atom is 0.0992 e. The van der Waals surface area contributed by atoms with E-state index in [2.05, 4.69) is 5.32 Å². The molecule has 4 heteroatoms. The third-order valence-electron chi connectivity index (χ3n) is 2.73. The van der Waals surface area contributed by atoms with Crippen molar-refractivity contribution in [3.8, 4) is 0 Å². The Morgan fingerprint density at radius 3 is 2.61 bits per heavy atom. The Morgan fingerprint density at radius 2 is 1.94 bits per heavy atom. The van der Waals surface area contributed by atoms with Gasteiger partial charge in [-0.2, -0.15) is 11.8 Å². The molecule has 3 nitrogen and oxygen atoms in total. The Morgan fingerprint density at radius 1 is 1.22 bits per heavy atom. The second kappa shape index (κ2) is 8.53. The fraction of sp³-hybridized carbons (Fsp3) is 0.571. The Balaban J connectivity index is 2.18. The lowest BCUT2D eigenvalue weighted by Crippen LogP contribution is -2.36. The number of aliphatic hydroxyl groups is 2. The van der Waals surface area contributed by atoms with Crippen LogP contribution in [0, 0.1) is 0 Å². The van der Waals surface area contributed by atoms with E-state index >= 15 is 0 Å². The molecule has 0 aromatic heterocycles. The first-order chi connectivity index (χ1) is 8.67. The van der Waals surface area contributed by atoms with Gasteiger partial charge in [0.1, 0.15) is 0 Å². The molecule has 0 radical (unpaired) electrons. The summed E-state index contributed by atoms with van der Waals surface area (Å²) < 4.78 is 0.